The zero-order valence-electron chi connectivity index (χ0n) is 27.3. The smallest absolute Gasteiger partial charge is 0.305 e. The molecule has 2 heterocycles. The molecular formula is C35H43N7O3S2. The molecule has 12 heteroatoms. The monoisotopic (exact) mass is 673 g/mol. The van der Waals surface area contributed by atoms with E-state index in [2.05, 4.69) is 43.3 Å². The minimum atomic E-state index is -0.112. The number of benzene rings is 2. The number of unbranched alkanes of at least 4 members (excludes halogenated alkanes) is 6. The highest BCUT2D eigenvalue weighted by Gasteiger charge is 2.09. The number of azo groups is 2. The average Bonchev–Trinajstić information content (AvgIpc) is 3.66. The molecule has 2 aromatic carbocycles. The summed E-state index contributed by atoms with van der Waals surface area (Å²) in [6, 6.07) is 19.8. The minimum absolute atomic E-state index is 0.112. The third-order valence-corrected chi connectivity index (χ3v) is 9.16. The van der Waals surface area contributed by atoms with Crippen molar-refractivity contribution in [1.29, 1.82) is 5.26 Å². The number of hydrogen-bond donors (Lipinski definition) is 0. The Balaban J connectivity index is 1.15. The summed E-state index contributed by atoms with van der Waals surface area (Å²) in [4.78, 5) is 18.8. The Morgan fingerprint density at radius 2 is 1.49 bits per heavy atom. The predicted octanol–water partition coefficient (Wildman–Crippen LogP) is 11.4. The number of hydrogen-bond acceptors (Lipinski definition) is 12. The van der Waals surface area contributed by atoms with Crippen molar-refractivity contribution in [2.45, 2.75) is 78.1 Å². The first kappa shape index (κ1) is 35.6. The molecule has 0 unspecified atom stereocenters. The van der Waals surface area contributed by atoms with Crippen molar-refractivity contribution in [2.75, 3.05) is 31.2 Å². The highest BCUT2D eigenvalue weighted by Crippen LogP contribution is 2.39. The second-order valence-corrected chi connectivity index (χ2v) is 13.0. The van der Waals surface area contributed by atoms with E-state index in [-0.39, 0.29) is 5.97 Å². The summed E-state index contributed by atoms with van der Waals surface area (Å²) in [5.74, 6) is 0.720. The van der Waals surface area contributed by atoms with Gasteiger partial charge in [0.05, 0.1) is 41.8 Å². The number of anilines is 1. The Bertz CT molecular complexity index is 1580. The van der Waals surface area contributed by atoms with Gasteiger partial charge in [0, 0.05) is 25.2 Å². The lowest BCUT2D eigenvalue weighted by atomic mass is 10.1. The van der Waals surface area contributed by atoms with Crippen LogP contribution in [0.25, 0.3) is 9.53 Å². The number of carbonyl (C=O) groups is 1. The quantitative estimate of drug-likeness (QED) is 0.0492. The molecular weight excluding hydrogens is 631 g/mol. The number of rotatable bonds is 21. The maximum Gasteiger partial charge on any atom is 0.305 e. The van der Waals surface area contributed by atoms with Crippen LogP contribution in [0.2, 0.25) is 0 Å². The van der Waals surface area contributed by atoms with Crippen molar-refractivity contribution in [2.24, 2.45) is 20.5 Å². The standard InChI is InChI=1S/C35H43N7O3S2/c1-3-22-42(23-12-21-36)29-17-13-27(14-18-29)39-41-35-37-34-31(46-35)26-32(47-34)40-38-28-15-19-30(20-16-28)44-24-10-8-6-5-7-9-11-25-45-33(43)4-2/h13-20,26H,3-12,22-25H2,1-2H3. The number of esters is 1. The summed E-state index contributed by atoms with van der Waals surface area (Å²) in [6.07, 6.45) is 9.76. The Hall–Kier alpha value is -4.21. The zero-order valence-corrected chi connectivity index (χ0v) is 28.9. The third kappa shape index (κ3) is 12.5. The van der Waals surface area contributed by atoms with Crippen LogP contribution in [0.15, 0.2) is 75.1 Å². The predicted molar refractivity (Wildman–Crippen MR) is 191 cm³/mol. The van der Waals surface area contributed by atoms with Gasteiger partial charge in [0.15, 0.2) is 0 Å². The van der Waals surface area contributed by atoms with Crippen LogP contribution in [-0.2, 0) is 9.53 Å². The van der Waals surface area contributed by atoms with Gasteiger partial charge in [-0.2, -0.15) is 5.26 Å². The lowest BCUT2D eigenvalue weighted by Gasteiger charge is -2.23. The van der Waals surface area contributed by atoms with Gasteiger partial charge in [-0.15, -0.1) is 20.5 Å². The van der Waals surface area contributed by atoms with Crippen LogP contribution < -0.4 is 9.64 Å². The summed E-state index contributed by atoms with van der Waals surface area (Å²) in [7, 11) is 0. The van der Waals surface area contributed by atoms with Gasteiger partial charge in [0.2, 0.25) is 5.13 Å². The van der Waals surface area contributed by atoms with Crippen LogP contribution in [0.4, 0.5) is 27.2 Å². The molecule has 248 valence electrons. The van der Waals surface area contributed by atoms with Crippen molar-refractivity contribution in [1.82, 2.24) is 4.98 Å². The summed E-state index contributed by atoms with van der Waals surface area (Å²) < 4.78 is 12.0. The van der Waals surface area contributed by atoms with Crippen molar-refractivity contribution in [3.05, 3.63) is 54.6 Å². The van der Waals surface area contributed by atoms with Gasteiger partial charge in [0.25, 0.3) is 0 Å². The molecule has 0 saturated carbocycles. The van der Waals surface area contributed by atoms with Gasteiger partial charge < -0.3 is 14.4 Å². The summed E-state index contributed by atoms with van der Waals surface area (Å²) in [5.41, 5.74) is 2.59. The highest BCUT2D eigenvalue weighted by atomic mass is 32.1. The van der Waals surface area contributed by atoms with Crippen molar-refractivity contribution >= 4 is 65.4 Å². The van der Waals surface area contributed by atoms with E-state index in [1.807, 2.05) is 61.5 Å². The molecule has 0 aliphatic heterocycles. The zero-order chi connectivity index (χ0) is 33.1. The Kier molecular flexibility index (Phi) is 15.3. The molecule has 4 aromatic rings. The number of nitriles is 1. The van der Waals surface area contributed by atoms with Crippen LogP contribution in [0.1, 0.15) is 78.1 Å². The molecule has 0 atom stereocenters. The lowest BCUT2D eigenvalue weighted by Crippen LogP contribution is -2.24. The van der Waals surface area contributed by atoms with Gasteiger partial charge in [0.1, 0.15) is 15.6 Å². The number of nitrogens with zero attached hydrogens (tertiary/aromatic N) is 7. The van der Waals surface area contributed by atoms with E-state index in [0.29, 0.717) is 31.2 Å². The molecule has 0 aliphatic rings. The van der Waals surface area contributed by atoms with Gasteiger partial charge in [-0.1, -0.05) is 68.6 Å². The molecule has 0 saturated heterocycles. The average molecular weight is 674 g/mol. The largest absolute Gasteiger partial charge is 0.494 e. The van der Waals surface area contributed by atoms with Crippen molar-refractivity contribution < 1.29 is 14.3 Å². The Morgan fingerprint density at radius 3 is 2.15 bits per heavy atom. The molecule has 0 amide bonds. The second-order valence-electron chi connectivity index (χ2n) is 11.0. The van der Waals surface area contributed by atoms with Crippen molar-refractivity contribution in [3.63, 3.8) is 0 Å². The van der Waals surface area contributed by atoms with Crippen LogP contribution >= 0.6 is 22.7 Å². The number of aromatic nitrogens is 1. The first-order valence-electron chi connectivity index (χ1n) is 16.4. The fraction of sp³-hybridized carbons (Fsp3) is 0.457. The summed E-state index contributed by atoms with van der Waals surface area (Å²) in [6.45, 7) is 6.82. The van der Waals surface area contributed by atoms with E-state index in [1.165, 1.54) is 41.9 Å². The molecule has 0 radical (unpaired) electrons. The molecule has 0 fully saturated rings. The molecule has 47 heavy (non-hydrogen) atoms. The second kappa shape index (κ2) is 20.1. The molecule has 0 spiro atoms. The van der Waals surface area contributed by atoms with Gasteiger partial charge >= 0.3 is 5.97 Å². The van der Waals surface area contributed by atoms with Gasteiger partial charge in [-0.05, 0) is 73.9 Å². The van der Waals surface area contributed by atoms with Crippen molar-refractivity contribution in [3.8, 4) is 11.8 Å². The topological polar surface area (TPSA) is 125 Å². The maximum absolute atomic E-state index is 11.1. The highest BCUT2D eigenvalue weighted by molar-refractivity contribution is 7.30. The fourth-order valence-electron chi connectivity index (χ4n) is 4.74. The lowest BCUT2D eigenvalue weighted by molar-refractivity contribution is -0.143. The number of carbonyl (C=O) groups excluding carboxylic acids is 1. The summed E-state index contributed by atoms with van der Waals surface area (Å²) in [5, 5.41) is 27.8. The normalized spacial score (nSPS) is 11.4. The van der Waals surface area contributed by atoms with E-state index in [9.17, 15) is 4.79 Å². The SMILES string of the molecule is CCCN(CCC#N)c1ccc(N=Nc2nc3sc(N=Nc4ccc(OCCCCCCCCCOC(=O)CC)cc4)cc3s2)cc1. The number of ether oxygens (including phenoxy) is 2. The van der Waals surface area contributed by atoms with E-state index >= 15 is 0 Å². The number of thiazole rings is 1. The van der Waals surface area contributed by atoms with Gasteiger partial charge in [-0.3, -0.25) is 4.79 Å². The molecule has 0 N–H and O–H groups in total. The number of thiophene rings is 1. The summed E-state index contributed by atoms with van der Waals surface area (Å²) >= 11 is 2.94. The molecule has 10 nitrogen and oxygen atoms in total. The molecule has 2 aromatic heterocycles. The minimum Gasteiger partial charge on any atom is -0.494 e. The van der Waals surface area contributed by atoms with Crippen LogP contribution in [0.5, 0.6) is 5.75 Å². The first-order chi connectivity index (χ1) is 23.1. The first-order valence-corrected chi connectivity index (χ1v) is 18.1. The molecule has 0 aliphatic carbocycles. The third-order valence-electron chi connectivity index (χ3n) is 7.23. The Labute approximate surface area is 285 Å². The van der Waals surface area contributed by atoms with Crippen LogP contribution in [0.3, 0.4) is 0 Å². The number of fused-ring (bicyclic) bond motifs is 1. The van der Waals surface area contributed by atoms with E-state index < -0.39 is 0 Å². The van der Waals surface area contributed by atoms with Crippen LogP contribution in [-0.4, -0.2) is 37.3 Å². The van der Waals surface area contributed by atoms with E-state index in [1.54, 1.807) is 0 Å². The van der Waals surface area contributed by atoms with E-state index in [4.69, 9.17) is 14.7 Å². The van der Waals surface area contributed by atoms with E-state index in [0.717, 1.165) is 82.5 Å². The molecule has 0 bridgehead atoms. The maximum atomic E-state index is 11.1. The molecule has 4 rings (SSSR count). The fourth-order valence-corrected chi connectivity index (χ4v) is 6.59. The Morgan fingerprint density at radius 1 is 0.830 bits per heavy atom. The van der Waals surface area contributed by atoms with Gasteiger partial charge in [-0.25, -0.2) is 4.98 Å². The van der Waals surface area contributed by atoms with Crippen LogP contribution in [0, 0.1) is 11.3 Å².